The molecule has 0 aliphatic rings. The standard InChI is InChI=1S/C16H21N3O/c1-3-4-5-9-17-16(20)14-8-6-7-13(10-14)15-11-18-19(2)12-15/h6-8,10-12H,3-5,9H2,1-2H3,(H,17,20). The lowest BCUT2D eigenvalue weighted by Gasteiger charge is -2.06. The number of amides is 1. The molecular formula is C16H21N3O. The third-order valence-electron chi connectivity index (χ3n) is 3.23. The highest BCUT2D eigenvalue weighted by Crippen LogP contribution is 2.19. The Morgan fingerprint density at radius 2 is 2.15 bits per heavy atom. The molecule has 1 heterocycles. The topological polar surface area (TPSA) is 46.9 Å². The lowest BCUT2D eigenvalue weighted by atomic mass is 10.1. The summed E-state index contributed by atoms with van der Waals surface area (Å²) in [6.45, 7) is 2.89. The van der Waals surface area contributed by atoms with Crippen LogP contribution in [0, 0.1) is 0 Å². The van der Waals surface area contributed by atoms with Gasteiger partial charge in [0, 0.05) is 30.9 Å². The van der Waals surface area contributed by atoms with Crippen molar-refractivity contribution in [3.05, 3.63) is 42.2 Å². The Labute approximate surface area is 119 Å². The van der Waals surface area contributed by atoms with E-state index in [0.717, 1.165) is 36.9 Å². The van der Waals surface area contributed by atoms with E-state index < -0.39 is 0 Å². The van der Waals surface area contributed by atoms with Crippen LogP contribution in [-0.4, -0.2) is 22.2 Å². The first-order valence-electron chi connectivity index (χ1n) is 7.08. The molecule has 1 aromatic carbocycles. The number of nitrogens with zero attached hydrogens (tertiary/aromatic N) is 2. The summed E-state index contributed by atoms with van der Waals surface area (Å²) in [5, 5.41) is 7.11. The van der Waals surface area contributed by atoms with Crippen molar-refractivity contribution in [3.63, 3.8) is 0 Å². The smallest absolute Gasteiger partial charge is 0.251 e. The van der Waals surface area contributed by atoms with Crippen LogP contribution in [0.25, 0.3) is 11.1 Å². The van der Waals surface area contributed by atoms with Crippen LogP contribution < -0.4 is 5.32 Å². The number of hydrogen-bond donors (Lipinski definition) is 1. The molecule has 0 aliphatic carbocycles. The molecule has 4 nitrogen and oxygen atoms in total. The first kappa shape index (κ1) is 14.3. The average Bonchev–Trinajstić information content (AvgIpc) is 2.90. The molecule has 1 N–H and O–H groups in total. The van der Waals surface area contributed by atoms with E-state index in [9.17, 15) is 4.79 Å². The first-order valence-corrected chi connectivity index (χ1v) is 7.08. The molecule has 0 fully saturated rings. The summed E-state index contributed by atoms with van der Waals surface area (Å²) in [6, 6.07) is 7.65. The predicted molar refractivity (Wildman–Crippen MR) is 80.5 cm³/mol. The summed E-state index contributed by atoms with van der Waals surface area (Å²) < 4.78 is 1.76. The minimum Gasteiger partial charge on any atom is -0.352 e. The molecule has 106 valence electrons. The maximum Gasteiger partial charge on any atom is 0.251 e. The van der Waals surface area contributed by atoms with E-state index in [-0.39, 0.29) is 5.91 Å². The van der Waals surface area contributed by atoms with Crippen LogP contribution in [0.4, 0.5) is 0 Å². The summed E-state index contributed by atoms with van der Waals surface area (Å²) in [7, 11) is 1.88. The minimum atomic E-state index is -0.00755. The van der Waals surface area contributed by atoms with Gasteiger partial charge >= 0.3 is 0 Å². The van der Waals surface area contributed by atoms with Crippen molar-refractivity contribution in [1.29, 1.82) is 0 Å². The van der Waals surface area contributed by atoms with Crippen LogP contribution in [0.3, 0.4) is 0 Å². The van der Waals surface area contributed by atoms with Crippen LogP contribution in [0.5, 0.6) is 0 Å². The number of aryl methyl sites for hydroxylation is 1. The Balaban J connectivity index is 2.04. The monoisotopic (exact) mass is 271 g/mol. The van der Waals surface area contributed by atoms with Gasteiger partial charge in [0.05, 0.1) is 6.20 Å². The maximum atomic E-state index is 12.1. The fourth-order valence-electron chi connectivity index (χ4n) is 2.09. The Kier molecular flexibility index (Phi) is 4.93. The number of unbranched alkanes of at least 4 members (excludes halogenated alkanes) is 2. The Bertz CT molecular complexity index is 575. The van der Waals surface area contributed by atoms with Gasteiger partial charge in [-0.15, -0.1) is 0 Å². The second kappa shape index (κ2) is 6.89. The number of hydrogen-bond acceptors (Lipinski definition) is 2. The molecule has 2 aromatic rings. The van der Waals surface area contributed by atoms with Gasteiger partial charge in [-0.2, -0.15) is 5.10 Å². The van der Waals surface area contributed by atoms with Gasteiger partial charge in [0.1, 0.15) is 0 Å². The normalized spacial score (nSPS) is 10.5. The Hall–Kier alpha value is -2.10. The first-order chi connectivity index (χ1) is 9.70. The van der Waals surface area contributed by atoms with Crippen molar-refractivity contribution in [2.45, 2.75) is 26.2 Å². The number of carbonyl (C=O) groups is 1. The van der Waals surface area contributed by atoms with Gasteiger partial charge in [-0.25, -0.2) is 0 Å². The fourth-order valence-corrected chi connectivity index (χ4v) is 2.09. The van der Waals surface area contributed by atoms with Gasteiger partial charge in [-0.05, 0) is 24.1 Å². The number of rotatable bonds is 6. The molecule has 0 saturated heterocycles. The Morgan fingerprint density at radius 1 is 1.30 bits per heavy atom. The van der Waals surface area contributed by atoms with E-state index >= 15 is 0 Å². The fraction of sp³-hybridized carbons (Fsp3) is 0.375. The summed E-state index contributed by atoms with van der Waals surface area (Å²) >= 11 is 0. The highest BCUT2D eigenvalue weighted by atomic mass is 16.1. The van der Waals surface area contributed by atoms with E-state index in [2.05, 4.69) is 17.3 Å². The molecule has 0 aliphatic heterocycles. The molecular weight excluding hydrogens is 250 g/mol. The van der Waals surface area contributed by atoms with Crippen molar-refractivity contribution in [2.24, 2.45) is 7.05 Å². The van der Waals surface area contributed by atoms with Gasteiger partial charge in [-0.3, -0.25) is 9.48 Å². The van der Waals surface area contributed by atoms with Gasteiger partial charge in [-0.1, -0.05) is 31.9 Å². The summed E-state index contributed by atoms with van der Waals surface area (Å²) in [5.74, 6) is -0.00755. The zero-order valence-corrected chi connectivity index (χ0v) is 12.1. The van der Waals surface area contributed by atoms with Gasteiger partial charge in [0.2, 0.25) is 0 Å². The van der Waals surface area contributed by atoms with E-state index in [0.29, 0.717) is 5.56 Å². The SMILES string of the molecule is CCCCCNC(=O)c1cccc(-c2cnn(C)c2)c1. The summed E-state index contributed by atoms with van der Waals surface area (Å²) in [5.41, 5.74) is 2.73. The van der Waals surface area contributed by atoms with Crippen LogP contribution in [0.2, 0.25) is 0 Å². The molecule has 4 heteroatoms. The third-order valence-corrected chi connectivity index (χ3v) is 3.23. The van der Waals surface area contributed by atoms with E-state index in [1.54, 1.807) is 10.9 Å². The van der Waals surface area contributed by atoms with Crippen molar-refractivity contribution in [3.8, 4) is 11.1 Å². The van der Waals surface area contributed by atoms with E-state index in [4.69, 9.17) is 0 Å². The number of aromatic nitrogens is 2. The van der Waals surface area contributed by atoms with Crippen LogP contribution in [0.1, 0.15) is 36.5 Å². The summed E-state index contributed by atoms with van der Waals surface area (Å²) in [4.78, 5) is 12.1. The molecule has 0 saturated carbocycles. The van der Waals surface area contributed by atoms with Crippen LogP contribution >= 0.6 is 0 Å². The largest absolute Gasteiger partial charge is 0.352 e. The number of benzene rings is 1. The molecule has 20 heavy (non-hydrogen) atoms. The second-order valence-corrected chi connectivity index (χ2v) is 4.95. The van der Waals surface area contributed by atoms with E-state index in [1.807, 2.05) is 37.5 Å². The molecule has 0 unspecified atom stereocenters. The number of nitrogens with one attached hydrogen (secondary N) is 1. The zero-order chi connectivity index (χ0) is 14.4. The second-order valence-electron chi connectivity index (χ2n) is 4.95. The lowest BCUT2D eigenvalue weighted by Crippen LogP contribution is -2.24. The molecule has 1 aromatic heterocycles. The van der Waals surface area contributed by atoms with Gasteiger partial charge in [0.15, 0.2) is 0 Å². The van der Waals surface area contributed by atoms with Crippen LogP contribution in [0.15, 0.2) is 36.7 Å². The van der Waals surface area contributed by atoms with Crippen molar-refractivity contribution in [1.82, 2.24) is 15.1 Å². The third kappa shape index (κ3) is 3.70. The summed E-state index contributed by atoms with van der Waals surface area (Å²) in [6.07, 6.45) is 7.09. The molecule has 0 bridgehead atoms. The van der Waals surface area contributed by atoms with Gasteiger partial charge in [0.25, 0.3) is 5.91 Å². The molecule has 1 amide bonds. The highest BCUT2D eigenvalue weighted by molar-refractivity contribution is 5.95. The Morgan fingerprint density at radius 3 is 2.85 bits per heavy atom. The van der Waals surface area contributed by atoms with Crippen molar-refractivity contribution < 1.29 is 4.79 Å². The average molecular weight is 271 g/mol. The lowest BCUT2D eigenvalue weighted by molar-refractivity contribution is 0.0953. The molecule has 2 rings (SSSR count). The quantitative estimate of drug-likeness (QED) is 0.821. The number of carbonyl (C=O) groups excluding carboxylic acids is 1. The maximum absolute atomic E-state index is 12.1. The highest BCUT2D eigenvalue weighted by Gasteiger charge is 2.07. The van der Waals surface area contributed by atoms with Gasteiger partial charge < -0.3 is 5.32 Å². The molecule has 0 atom stereocenters. The van der Waals surface area contributed by atoms with E-state index in [1.165, 1.54) is 0 Å². The van der Waals surface area contributed by atoms with Crippen molar-refractivity contribution >= 4 is 5.91 Å². The molecule has 0 radical (unpaired) electrons. The minimum absolute atomic E-state index is 0.00755. The van der Waals surface area contributed by atoms with Crippen LogP contribution in [-0.2, 0) is 7.05 Å². The zero-order valence-electron chi connectivity index (χ0n) is 12.1. The predicted octanol–water partition coefficient (Wildman–Crippen LogP) is 3.01. The molecule has 0 spiro atoms. The van der Waals surface area contributed by atoms with Crippen molar-refractivity contribution in [2.75, 3.05) is 6.54 Å².